The summed E-state index contributed by atoms with van der Waals surface area (Å²) < 4.78 is 3.68. The minimum atomic E-state index is -0.819. The van der Waals surface area contributed by atoms with Crippen LogP contribution in [0.25, 0.3) is 0 Å². The summed E-state index contributed by atoms with van der Waals surface area (Å²) in [4.78, 5) is 0. The molecule has 0 amide bonds. The third-order valence-corrected chi connectivity index (χ3v) is 2.66. The number of aliphatic hydroxyl groups is 1. The molecule has 0 aliphatic carbocycles. The molecule has 2 aromatic rings. The van der Waals surface area contributed by atoms with Gasteiger partial charge in [-0.3, -0.25) is 4.68 Å². The molecule has 0 aliphatic rings. The van der Waals surface area contributed by atoms with Crippen molar-refractivity contribution in [1.29, 1.82) is 0 Å². The van der Waals surface area contributed by atoms with Crippen LogP contribution in [0.1, 0.15) is 17.5 Å². The number of aliphatic hydroxyl groups excluding tert-OH is 1. The number of halogens is 1. The van der Waals surface area contributed by atoms with Gasteiger partial charge in [0.25, 0.3) is 0 Å². The van der Waals surface area contributed by atoms with Crippen molar-refractivity contribution in [3.8, 4) is 0 Å². The molecule has 1 unspecified atom stereocenters. The average Bonchev–Trinajstić information content (AvgIpc) is 2.73. The molecule has 0 saturated carbocycles. The van der Waals surface area contributed by atoms with E-state index in [0.29, 0.717) is 16.0 Å². The summed E-state index contributed by atoms with van der Waals surface area (Å²) in [5.41, 5.74) is 1.16. The summed E-state index contributed by atoms with van der Waals surface area (Å²) in [7, 11) is 3.52. The van der Waals surface area contributed by atoms with Crippen molar-refractivity contribution in [2.75, 3.05) is 0 Å². The Morgan fingerprint density at radius 1 is 1.47 bits per heavy atom. The van der Waals surface area contributed by atoms with Gasteiger partial charge in [0.2, 0.25) is 0 Å². The van der Waals surface area contributed by atoms with Crippen LogP contribution >= 0.6 is 15.9 Å². The Morgan fingerprint density at radius 3 is 2.67 bits per heavy atom. The van der Waals surface area contributed by atoms with E-state index >= 15 is 0 Å². The van der Waals surface area contributed by atoms with E-state index in [4.69, 9.17) is 0 Å². The molecule has 0 radical (unpaired) electrons. The number of aryl methyl sites for hydroxylation is 2. The van der Waals surface area contributed by atoms with E-state index in [2.05, 4.69) is 31.3 Å². The maximum Gasteiger partial charge on any atom is 0.154 e. The number of hydrogen-bond donors (Lipinski definition) is 1. The average molecular weight is 272 g/mol. The Bertz CT molecular complexity index is 458. The highest BCUT2D eigenvalue weighted by molar-refractivity contribution is 9.10. The van der Waals surface area contributed by atoms with E-state index in [1.165, 1.54) is 4.68 Å². The van der Waals surface area contributed by atoms with Gasteiger partial charge in [0, 0.05) is 20.3 Å². The first-order valence-electron chi connectivity index (χ1n) is 4.32. The van der Waals surface area contributed by atoms with E-state index < -0.39 is 6.10 Å². The maximum atomic E-state index is 10.0. The van der Waals surface area contributed by atoms with E-state index in [0.717, 1.165) is 0 Å². The normalized spacial score (nSPS) is 13.1. The van der Waals surface area contributed by atoms with Gasteiger partial charge >= 0.3 is 0 Å². The molecule has 2 heterocycles. The van der Waals surface area contributed by atoms with Crippen LogP contribution in [0.2, 0.25) is 0 Å². The molecular formula is C8H10BrN5O. The van der Waals surface area contributed by atoms with Crippen LogP contribution in [-0.2, 0) is 14.1 Å². The zero-order valence-electron chi connectivity index (χ0n) is 8.29. The lowest BCUT2D eigenvalue weighted by Gasteiger charge is -2.07. The topological polar surface area (TPSA) is 68.8 Å². The van der Waals surface area contributed by atoms with Crippen LogP contribution in [0.4, 0.5) is 0 Å². The van der Waals surface area contributed by atoms with Crippen LogP contribution in [0.5, 0.6) is 0 Å². The zero-order chi connectivity index (χ0) is 11.0. The second-order valence-electron chi connectivity index (χ2n) is 3.21. The molecule has 0 bridgehead atoms. The van der Waals surface area contributed by atoms with Gasteiger partial charge in [-0.05, 0) is 22.0 Å². The molecule has 0 aliphatic heterocycles. The number of aromatic nitrogens is 5. The standard InChI is InChI=1S/C8H10BrN5O/c1-13-4-3-5(11-13)7(15)6-8(9)10-12-14(6)2/h3-4,7,15H,1-2H3. The molecule has 1 atom stereocenters. The van der Waals surface area contributed by atoms with Crippen LogP contribution in [0.15, 0.2) is 16.9 Å². The quantitative estimate of drug-likeness (QED) is 0.858. The van der Waals surface area contributed by atoms with E-state index in [-0.39, 0.29) is 0 Å². The fourth-order valence-electron chi connectivity index (χ4n) is 1.35. The second-order valence-corrected chi connectivity index (χ2v) is 3.96. The van der Waals surface area contributed by atoms with E-state index in [9.17, 15) is 5.11 Å². The van der Waals surface area contributed by atoms with Crippen LogP contribution in [0, 0.1) is 0 Å². The van der Waals surface area contributed by atoms with Crippen molar-refractivity contribution in [3.63, 3.8) is 0 Å². The maximum absolute atomic E-state index is 10.0. The summed E-state index contributed by atoms with van der Waals surface area (Å²) in [6, 6.07) is 1.75. The summed E-state index contributed by atoms with van der Waals surface area (Å²) in [5.74, 6) is 0. The third kappa shape index (κ3) is 1.80. The lowest BCUT2D eigenvalue weighted by molar-refractivity contribution is 0.203. The molecule has 1 N–H and O–H groups in total. The molecular weight excluding hydrogens is 262 g/mol. The molecule has 0 aromatic carbocycles. The summed E-state index contributed by atoms with van der Waals surface area (Å²) >= 11 is 3.23. The lowest BCUT2D eigenvalue weighted by atomic mass is 10.2. The molecule has 2 rings (SSSR count). The highest BCUT2D eigenvalue weighted by Crippen LogP contribution is 2.24. The Balaban J connectivity index is 2.40. The Labute approximate surface area is 94.6 Å². The lowest BCUT2D eigenvalue weighted by Crippen LogP contribution is -2.08. The first-order chi connectivity index (χ1) is 7.09. The fraction of sp³-hybridized carbons (Fsp3) is 0.375. The van der Waals surface area contributed by atoms with E-state index in [1.54, 1.807) is 31.0 Å². The molecule has 7 heteroatoms. The smallest absolute Gasteiger partial charge is 0.154 e. The van der Waals surface area contributed by atoms with Gasteiger partial charge in [-0.1, -0.05) is 5.21 Å². The predicted molar refractivity (Wildman–Crippen MR) is 56.0 cm³/mol. The van der Waals surface area contributed by atoms with Crippen molar-refractivity contribution < 1.29 is 5.11 Å². The van der Waals surface area contributed by atoms with Crippen LogP contribution in [0.3, 0.4) is 0 Å². The van der Waals surface area contributed by atoms with Crippen molar-refractivity contribution in [2.24, 2.45) is 14.1 Å². The van der Waals surface area contributed by atoms with Gasteiger partial charge in [0.05, 0.1) is 5.69 Å². The third-order valence-electron chi connectivity index (χ3n) is 2.10. The number of hydrogen-bond acceptors (Lipinski definition) is 4. The number of nitrogens with zero attached hydrogens (tertiary/aromatic N) is 5. The molecule has 6 nitrogen and oxygen atoms in total. The van der Waals surface area contributed by atoms with Crippen molar-refractivity contribution >= 4 is 15.9 Å². The molecule has 0 spiro atoms. The van der Waals surface area contributed by atoms with Crippen LogP contribution < -0.4 is 0 Å². The molecule has 0 saturated heterocycles. The largest absolute Gasteiger partial charge is 0.380 e. The van der Waals surface area contributed by atoms with Gasteiger partial charge in [-0.25, -0.2) is 4.68 Å². The van der Waals surface area contributed by atoms with Gasteiger partial charge < -0.3 is 5.11 Å². The fourth-order valence-corrected chi connectivity index (χ4v) is 1.89. The highest BCUT2D eigenvalue weighted by Gasteiger charge is 2.21. The van der Waals surface area contributed by atoms with Crippen molar-refractivity contribution in [1.82, 2.24) is 24.8 Å². The second kappa shape index (κ2) is 3.74. The molecule has 15 heavy (non-hydrogen) atoms. The molecule has 0 fully saturated rings. The summed E-state index contributed by atoms with van der Waals surface area (Å²) in [5, 5.41) is 21.8. The van der Waals surface area contributed by atoms with Crippen molar-refractivity contribution in [2.45, 2.75) is 6.10 Å². The number of rotatable bonds is 2. The van der Waals surface area contributed by atoms with Gasteiger partial charge in [-0.15, -0.1) is 5.10 Å². The van der Waals surface area contributed by atoms with Gasteiger partial charge in [0.1, 0.15) is 11.8 Å². The van der Waals surface area contributed by atoms with Crippen LogP contribution in [-0.4, -0.2) is 29.9 Å². The SMILES string of the molecule is Cn1ccc(C(O)c2c(Br)nnn2C)n1. The van der Waals surface area contributed by atoms with Gasteiger partial charge in [0.15, 0.2) is 4.60 Å². The Morgan fingerprint density at radius 2 is 2.20 bits per heavy atom. The zero-order valence-corrected chi connectivity index (χ0v) is 9.88. The summed E-state index contributed by atoms with van der Waals surface area (Å²) in [6.45, 7) is 0. The first-order valence-corrected chi connectivity index (χ1v) is 5.11. The van der Waals surface area contributed by atoms with E-state index in [1.807, 2.05) is 0 Å². The highest BCUT2D eigenvalue weighted by atomic mass is 79.9. The van der Waals surface area contributed by atoms with Gasteiger partial charge in [-0.2, -0.15) is 5.10 Å². The predicted octanol–water partition coefficient (Wildman–Crippen LogP) is 0.393. The summed E-state index contributed by atoms with van der Waals surface area (Å²) in [6.07, 6.45) is 0.955. The van der Waals surface area contributed by atoms with Crippen molar-refractivity contribution in [3.05, 3.63) is 28.3 Å². The minimum absolute atomic E-state index is 0.531. The Hall–Kier alpha value is -1.21. The first kappa shape index (κ1) is 10.3. The Kier molecular flexibility index (Phi) is 2.57. The monoisotopic (exact) mass is 271 g/mol. The minimum Gasteiger partial charge on any atom is -0.380 e. The molecule has 80 valence electrons. The molecule has 2 aromatic heterocycles.